The van der Waals surface area contributed by atoms with Gasteiger partial charge in [-0.15, -0.1) is 0 Å². The third kappa shape index (κ3) is 5.04. The van der Waals surface area contributed by atoms with E-state index in [-0.39, 0.29) is 11.4 Å². The topological polar surface area (TPSA) is 45.5 Å². The van der Waals surface area contributed by atoms with Crippen LogP contribution < -0.4 is 5.32 Å². The molecule has 0 aliphatic heterocycles. The number of carbonyl (C=O) groups is 1. The molecule has 4 nitrogen and oxygen atoms in total. The fourth-order valence-corrected chi connectivity index (χ4v) is 1.42. The smallest absolute Gasteiger partial charge is 0.236 e. The van der Waals surface area contributed by atoms with Crippen molar-refractivity contribution in [3.63, 3.8) is 0 Å². The van der Waals surface area contributed by atoms with Gasteiger partial charge in [0.15, 0.2) is 0 Å². The highest BCUT2D eigenvalue weighted by Crippen LogP contribution is 2.06. The second kappa shape index (κ2) is 5.87. The number of nitrogens with one attached hydrogen (secondary N) is 1. The monoisotopic (exact) mass is 238 g/mol. The summed E-state index contributed by atoms with van der Waals surface area (Å²) < 4.78 is 5.25. The fraction of sp³-hybridized carbons (Fsp3) is 0.615. The zero-order valence-electron chi connectivity index (χ0n) is 11.1. The molecular weight excluding hydrogens is 216 g/mol. The van der Waals surface area contributed by atoms with E-state index < -0.39 is 0 Å². The van der Waals surface area contributed by atoms with Crippen LogP contribution >= 0.6 is 0 Å². The molecule has 1 amide bonds. The van der Waals surface area contributed by atoms with Gasteiger partial charge < -0.3 is 14.6 Å². The minimum absolute atomic E-state index is 0.0419. The number of furan rings is 1. The number of carbonyl (C=O) groups excluding carboxylic acids is 1. The average Bonchev–Trinajstić information content (AvgIpc) is 2.74. The summed E-state index contributed by atoms with van der Waals surface area (Å²) in [6, 6.07) is 3.72. The molecule has 0 bridgehead atoms. The zero-order valence-corrected chi connectivity index (χ0v) is 11.1. The lowest BCUT2D eigenvalue weighted by molar-refractivity contribution is -0.131. The van der Waals surface area contributed by atoms with Crippen molar-refractivity contribution in [3.8, 4) is 0 Å². The second-order valence-corrected chi connectivity index (χ2v) is 5.09. The molecule has 0 saturated carbocycles. The van der Waals surface area contributed by atoms with Gasteiger partial charge in [0, 0.05) is 12.1 Å². The van der Waals surface area contributed by atoms with Gasteiger partial charge in [0.2, 0.25) is 5.91 Å². The summed E-state index contributed by atoms with van der Waals surface area (Å²) in [7, 11) is 0. The van der Waals surface area contributed by atoms with Gasteiger partial charge in [-0.1, -0.05) is 0 Å². The number of hydrogen-bond donors (Lipinski definition) is 1. The standard InChI is InChI=1S/C13H22N2O2/c1-5-15(10-11-7-6-8-17-11)12(16)9-14-13(2,3)4/h6-8,14H,5,9-10H2,1-4H3. The van der Waals surface area contributed by atoms with Crippen molar-refractivity contribution < 1.29 is 9.21 Å². The normalized spacial score (nSPS) is 11.5. The number of hydrogen-bond acceptors (Lipinski definition) is 3. The maximum atomic E-state index is 12.0. The van der Waals surface area contributed by atoms with Crippen LogP contribution in [0, 0.1) is 0 Å². The van der Waals surface area contributed by atoms with Gasteiger partial charge in [0.1, 0.15) is 5.76 Å². The molecule has 0 spiro atoms. The highest BCUT2D eigenvalue weighted by Gasteiger charge is 2.16. The SMILES string of the molecule is CCN(Cc1ccco1)C(=O)CNC(C)(C)C. The van der Waals surface area contributed by atoms with Crippen LogP contribution in [0.1, 0.15) is 33.5 Å². The van der Waals surface area contributed by atoms with E-state index in [1.54, 1.807) is 11.2 Å². The molecule has 1 aromatic rings. The minimum atomic E-state index is -0.0419. The Bertz CT molecular complexity index is 339. The van der Waals surface area contributed by atoms with Crippen molar-refractivity contribution in [2.45, 2.75) is 39.8 Å². The molecule has 0 unspecified atom stereocenters. The predicted molar refractivity (Wildman–Crippen MR) is 67.6 cm³/mol. The van der Waals surface area contributed by atoms with E-state index in [4.69, 9.17) is 4.42 Å². The highest BCUT2D eigenvalue weighted by molar-refractivity contribution is 5.78. The van der Waals surface area contributed by atoms with Crippen molar-refractivity contribution >= 4 is 5.91 Å². The number of rotatable bonds is 5. The predicted octanol–water partition coefficient (Wildman–Crippen LogP) is 2.02. The van der Waals surface area contributed by atoms with E-state index in [2.05, 4.69) is 5.32 Å². The largest absolute Gasteiger partial charge is 0.467 e. The third-order valence-electron chi connectivity index (χ3n) is 2.43. The van der Waals surface area contributed by atoms with E-state index in [0.717, 1.165) is 5.76 Å². The Morgan fingerprint density at radius 3 is 2.65 bits per heavy atom. The van der Waals surface area contributed by atoms with E-state index in [1.807, 2.05) is 39.8 Å². The molecule has 0 atom stereocenters. The number of likely N-dealkylation sites (N-methyl/N-ethyl adjacent to an activating group) is 1. The molecule has 0 fully saturated rings. The van der Waals surface area contributed by atoms with Gasteiger partial charge in [-0.05, 0) is 39.8 Å². The summed E-state index contributed by atoms with van der Waals surface area (Å²) >= 11 is 0. The Balaban J connectivity index is 2.47. The van der Waals surface area contributed by atoms with Gasteiger partial charge in [-0.2, -0.15) is 0 Å². The first kappa shape index (κ1) is 13.8. The Hall–Kier alpha value is -1.29. The second-order valence-electron chi connectivity index (χ2n) is 5.09. The van der Waals surface area contributed by atoms with Crippen LogP contribution in [0.15, 0.2) is 22.8 Å². The number of amides is 1. The molecule has 1 N–H and O–H groups in total. The summed E-state index contributed by atoms with van der Waals surface area (Å²) in [4.78, 5) is 13.7. The first-order chi connectivity index (χ1) is 7.92. The summed E-state index contributed by atoms with van der Waals surface area (Å²) in [5.74, 6) is 0.912. The fourth-order valence-electron chi connectivity index (χ4n) is 1.42. The van der Waals surface area contributed by atoms with E-state index in [0.29, 0.717) is 19.6 Å². The Morgan fingerprint density at radius 1 is 1.47 bits per heavy atom. The van der Waals surface area contributed by atoms with E-state index in [1.165, 1.54) is 0 Å². The van der Waals surface area contributed by atoms with E-state index >= 15 is 0 Å². The average molecular weight is 238 g/mol. The lowest BCUT2D eigenvalue weighted by Gasteiger charge is -2.24. The minimum Gasteiger partial charge on any atom is -0.467 e. The van der Waals surface area contributed by atoms with Crippen LogP contribution in [0.3, 0.4) is 0 Å². The summed E-state index contributed by atoms with van der Waals surface area (Å²) in [5, 5.41) is 3.19. The third-order valence-corrected chi connectivity index (χ3v) is 2.43. The molecule has 17 heavy (non-hydrogen) atoms. The maximum Gasteiger partial charge on any atom is 0.236 e. The number of nitrogens with zero attached hydrogens (tertiary/aromatic N) is 1. The molecule has 96 valence electrons. The van der Waals surface area contributed by atoms with Crippen LogP contribution in [0.5, 0.6) is 0 Å². The molecular formula is C13H22N2O2. The van der Waals surface area contributed by atoms with Crippen LogP contribution in [0.4, 0.5) is 0 Å². The van der Waals surface area contributed by atoms with Crippen molar-refractivity contribution in [2.24, 2.45) is 0 Å². The van der Waals surface area contributed by atoms with Crippen molar-refractivity contribution in [1.29, 1.82) is 0 Å². The quantitative estimate of drug-likeness (QED) is 0.853. The van der Waals surface area contributed by atoms with Crippen LogP contribution in [0.25, 0.3) is 0 Å². The molecule has 1 rings (SSSR count). The summed E-state index contributed by atoms with van der Waals surface area (Å²) in [5.41, 5.74) is -0.0419. The lowest BCUT2D eigenvalue weighted by Crippen LogP contribution is -2.44. The van der Waals surface area contributed by atoms with Crippen LogP contribution in [-0.4, -0.2) is 29.4 Å². The molecule has 0 aliphatic rings. The molecule has 0 saturated heterocycles. The first-order valence-electron chi connectivity index (χ1n) is 5.97. The van der Waals surface area contributed by atoms with Gasteiger partial charge in [0.25, 0.3) is 0 Å². The highest BCUT2D eigenvalue weighted by atomic mass is 16.3. The van der Waals surface area contributed by atoms with Crippen molar-refractivity contribution in [1.82, 2.24) is 10.2 Å². The van der Waals surface area contributed by atoms with Crippen LogP contribution in [-0.2, 0) is 11.3 Å². The van der Waals surface area contributed by atoms with E-state index in [9.17, 15) is 4.79 Å². The molecule has 1 heterocycles. The molecule has 0 radical (unpaired) electrons. The van der Waals surface area contributed by atoms with Gasteiger partial charge >= 0.3 is 0 Å². The zero-order chi connectivity index (χ0) is 12.9. The van der Waals surface area contributed by atoms with Crippen molar-refractivity contribution in [2.75, 3.05) is 13.1 Å². The molecule has 4 heteroatoms. The molecule has 0 aliphatic carbocycles. The molecule has 0 aromatic carbocycles. The Kier molecular flexibility index (Phi) is 4.75. The Morgan fingerprint density at radius 2 is 2.18 bits per heavy atom. The lowest BCUT2D eigenvalue weighted by atomic mass is 10.1. The van der Waals surface area contributed by atoms with Crippen LogP contribution in [0.2, 0.25) is 0 Å². The Labute approximate surface area is 103 Å². The maximum absolute atomic E-state index is 12.0. The van der Waals surface area contributed by atoms with Gasteiger partial charge in [0.05, 0.1) is 19.4 Å². The van der Waals surface area contributed by atoms with Crippen molar-refractivity contribution in [3.05, 3.63) is 24.2 Å². The van der Waals surface area contributed by atoms with Gasteiger partial charge in [-0.25, -0.2) is 0 Å². The molecule has 1 aromatic heterocycles. The first-order valence-corrected chi connectivity index (χ1v) is 5.97. The van der Waals surface area contributed by atoms with Gasteiger partial charge in [-0.3, -0.25) is 4.79 Å². The summed E-state index contributed by atoms with van der Waals surface area (Å²) in [6.07, 6.45) is 1.63. The summed E-state index contributed by atoms with van der Waals surface area (Å²) in [6.45, 7) is 9.69.